The van der Waals surface area contributed by atoms with Crippen LogP contribution in [0.25, 0.3) is 77.2 Å². The van der Waals surface area contributed by atoms with Gasteiger partial charge in [0.2, 0.25) is 0 Å². The van der Waals surface area contributed by atoms with Crippen molar-refractivity contribution in [1.29, 1.82) is 0 Å². The average molecular weight is 602 g/mol. The van der Waals surface area contributed by atoms with Crippen LogP contribution in [-0.4, -0.2) is 9.13 Å². The first-order valence-electron chi connectivity index (χ1n) is 26.8. The molecule has 212 valence electrons. The van der Waals surface area contributed by atoms with Gasteiger partial charge in [-0.2, -0.15) is 0 Å². The minimum atomic E-state index is -1.06. The Morgan fingerprint density at radius 1 is 0.378 bits per heavy atom. The molecule has 0 unspecified atom stereocenters. The standard InChI is InChI=1S/C43H30N2/c1-29-18-20-30(21-19-29)31-22-24-32(25-23-31)33-10-9-13-35(28-33)45-39-17-8-6-15-37(39)43-41(45)27-26-40-42(43)36-14-5-7-16-38(36)44(40)34-11-3-2-4-12-34/h2-28H,1H3/i2D,3D,4D,5D,6D,7D,8D,9D,10D,11D,12D,13D,14D,15D,16D,17D,18D,19D,20D,21D,22D,23D,24D,25D,26D,27D,28D. The van der Waals surface area contributed by atoms with Crippen LogP contribution in [0, 0.1) is 6.92 Å². The number of para-hydroxylation sites is 3. The van der Waals surface area contributed by atoms with Gasteiger partial charge in [0, 0.05) is 32.9 Å². The minimum absolute atomic E-state index is 0.0717. The van der Waals surface area contributed by atoms with E-state index in [2.05, 4.69) is 0 Å². The largest absolute Gasteiger partial charge is 0.309 e. The minimum Gasteiger partial charge on any atom is -0.309 e. The highest BCUT2D eigenvalue weighted by Crippen LogP contribution is 2.42. The summed E-state index contributed by atoms with van der Waals surface area (Å²) in [5.74, 6) is 0. The highest BCUT2D eigenvalue weighted by atomic mass is 15.0. The molecule has 0 radical (unpaired) electrons. The first-order chi connectivity index (χ1) is 33.5. The van der Waals surface area contributed by atoms with Gasteiger partial charge in [0.25, 0.3) is 0 Å². The summed E-state index contributed by atoms with van der Waals surface area (Å²) in [6.07, 6.45) is 0. The third-order valence-corrected chi connectivity index (χ3v) is 7.17. The first kappa shape index (κ1) is 10.4. The summed E-state index contributed by atoms with van der Waals surface area (Å²) in [5.41, 5.74) is -7.17. The van der Waals surface area contributed by atoms with Crippen molar-refractivity contribution in [2.24, 2.45) is 0 Å². The Balaban J connectivity index is 1.55. The van der Waals surface area contributed by atoms with Crippen molar-refractivity contribution in [2.75, 3.05) is 0 Å². The molecule has 0 bridgehead atoms. The molecule has 0 aliphatic heterocycles. The highest BCUT2D eigenvalue weighted by Gasteiger charge is 2.20. The first-order valence-corrected chi connectivity index (χ1v) is 13.3. The molecule has 0 aliphatic rings. The number of nitrogens with zero attached hydrogens (tertiary/aromatic N) is 2. The third kappa shape index (κ3) is 4.03. The maximum atomic E-state index is 9.72. The second-order valence-electron chi connectivity index (χ2n) is 9.76. The molecule has 0 amide bonds. The normalized spacial score (nSPS) is 20.1. The smallest absolute Gasteiger partial charge is 0.0651 e. The van der Waals surface area contributed by atoms with E-state index < -0.39 is 240 Å². The van der Waals surface area contributed by atoms with Gasteiger partial charge in [-0.3, -0.25) is 0 Å². The number of hydrogen-bond acceptors (Lipinski definition) is 0. The van der Waals surface area contributed by atoms with Gasteiger partial charge in [0.15, 0.2) is 0 Å². The summed E-state index contributed by atoms with van der Waals surface area (Å²) >= 11 is 0. The molecule has 0 saturated carbocycles. The van der Waals surface area contributed by atoms with E-state index in [1.54, 1.807) is 0 Å². The Kier molecular flexibility index (Phi) is 2.33. The van der Waals surface area contributed by atoms with E-state index in [0.29, 0.717) is 0 Å². The SMILES string of the molecule is [2H]c1c([2H])c([2H])c(-n2c3c([2H])c([2H])c([2H])c([2H])c3c3c4c5c([2H])c([2H])c([2H])c([2H])c5n(-c5c([2H])c([2H])c([2H])c(-c6c([2H])c([2H])c(-c7c([2H])c([2H])c(C)c([2H])c7[2H])c([2H])c6[2H])c5[2H])c4c([2H])c([2H])c32)c([2H])c1[2H]. The lowest BCUT2D eigenvalue weighted by atomic mass is 9.99. The molecular weight excluding hydrogens is 544 g/mol. The zero-order valence-corrected chi connectivity index (χ0v) is 22.9. The molecule has 0 N–H and O–H groups in total. The average Bonchev–Trinajstić information content (AvgIpc) is 3.88. The summed E-state index contributed by atoms with van der Waals surface area (Å²) in [4.78, 5) is 0. The van der Waals surface area contributed by atoms with E-state index >= 15 is 0 Å². The van der Waals surface area contributed by atoms with Crippen molar-refractivity contribution < 1.29 is 37.0 Å². The number of hydrogen-bond donors (Lipinski definition) is 0. The predicted molar refractivity (Wildman–Crippen MR) is 191 cm³/mol. The third-order valence-electron chi connectivity index (χ3n) is 7.17. The van der Waals surface area contributed by atoms with E-state index in [-0.39, 0.29) is 5.56 Å². The summed E-state index contributed by atoms with van der Waals surface area (Å²) in [7, 11) is 0. The molecule has 2 heteroatoms. The van der Waals surface area contributed by atoms with E-state index in [4.69, 9.17) is 27.4 Å². The maximum absolute atomic E-state index is 9.72. The number of rotatable bonds is 4. The van der Waals surface area contributed by atoms with Crippen molar-refractivity contribution in [2.45, 2.75) is 6.92 Å². The lowest BCUT2D eigenvalue weighted by molar-refractivity contribution is 1.17. The molecular formula is C43H30N2. The molecule has 45 heavy (non-hydrogen) atoms. The second-order valence-corrected chi connectivity index (χ2v) is 9.76. The van der Waals surface area contributed by atoms with Crippen molar-refractivity contribution in [3.8, 4) is 33.6 Å². The van der Waals surface area contributed by atoms with Crippen LogP contribution >= 0.6 is 0 Å². The lowest BCUT2D eigenvalue weighted by Gasteiger charge is -2.11. The molecule has 0 atom stereocenters. The van der Waals surface area contributed by atoms with Gasteiger partial charge < -0.3 is 9.13 Å². The zero-order chi connectivity index (χ0) is 53.4. The van der Waals surface area contributed by atoms with Crippen LogP contribution in [0.5, 0.6) is 0 Å². The van der Waals surface area contributed by atoms with Crippen LogP contribution in [0.2, 0.25) is 0 Å². The zero-order valence-electron chi connectivity index (χ0n) is 49.9. The fourth-order valence-corrected chi connectivity index (χ4v) is 5.27. The Morgan fingerprint density at radius 2 is 0.844 bits per heavy atom. The van der Waals surface area contributed by atoms with Crippen LogP contribution in [-0.2, 0) is 0 Å². The Morgan fingerprint density at radius 3 is 1.44 bits per heavy atom. The van der Waals surface area contributed by atoms with Gasteiger partial charge in [0.1, 0.15) is 0 Å². The van der Waals surface area contributed by atoms with Crippen molar-refractivity contribution in [3.05, 3.63) is 169 Å². The highest BCUT2D eigenvalue weighted by molar-refractivity contribution is 6.28. The monoisotopic (exact) mass is 601 g/mol. The van der Waals surface area contributed by atoms with Gasteiger partial charge in [-0.05, 0) is 77.5 Å². The van der Waals surface area contributed by atoms with Crippen LogP contribution < -0.4 is 0 Å². The van der Waals surface area contributed by atoms with Crippen molar-refractivity contribution >= 4 is 43.6 Å². The van der Waals surface area contributed by atoms with E-state index in [1.807, 2.05) is 0 Å². The van der Waals surface area contributed by atoms with Crippen LogP contribution in [0.4, 0.5) is 0 Å². The molecule has 7 aromatic carbocycles. The van der Waals surface area contributed by atoms with Crippen molar-refractivity contribution in [3.63, 3.8) is 0 Å². The summed E-state index contributed by atoms with van der Waals surface area (Å²) < 4.78 is 243. The molecule has 0 aliphatic carbocycles. The maximum Gasteiger partial charge on any atom is 0.0651 e. The van der Waals surface area contributed by atoms with Crippen LogP contribution in [0.3, 0.4) is 0 Å². The molecule has 2 nitrogen and oxygen atoms in total. The lowest BCUT2D eigenvalue weighted by Crippen LogP contribution is -1.95. The summed E-state index contributed by atoms with van der Waals surface area (Å²) in [5, 5.41) is -2.05. The fraction of sp³-hybridized carbons (Fsp3) is 0.0233. The molecule has 9 aromatic rings. The van der Waals surface area contributed by atoms with E-state index in [0.717, 1.165) is 9.13 Å². The molecule has 2 heterocycles. The van der Waals surface area contributed by atoms with Gasteiger partial charge in [-0.15, -0.1) is 0 Å². The molecule has 2 aromatic heterocycles. The van der Waals surface area contributed by atoms with Crippen LogP contribution in [0.15, 0.2) is 163 Å². The Labute approximate surface area is 300 Å². The quantitative estimate of drug-likeness (QED) is 0.190. The Hall–Kier alpha value is -5.86. The summed E-state index contributed by atoms with van der Waals surface area (Å²) in [6, 6.07) is -24.0. The summed E-state index contributed by atoms with van der Waals surface area (Å²) in [6.45, 7) is 1.31. The Bertz CT molecular complexity index is 3990. The molecule has 9 rings (SSSR count). The predicted octanol–water partition coefficient (Wildman–Crippen LogP) is 11.5. The molecule has 0 saturated heterocycles. The number of fused-ring (bicyclic) bond motifs is 7. The fourth-order valence-electron chi connectivity index (χ4n) is 5.27. The van der Waals surface area contributed by atoms with E-state index in [1.165, 1.54) is 6.92 Å². The van der Waals surface area contributed by atoms with Gasteiger partial charge in [-0.1, -0.05) is 120 Å². The number of aromatic nitrogens is 2. The number of benzene rings is 7. The molecule has 0 fully saturated rings. The van der Waals surface area contributed by atoms with Crippen LogP contribution in [0.1, 0.15) is 42.6 Å². The molecule has 0 spiro atoms. The van der Waals surface area contributed by atoms with Crippen molar-refractivity contribution in [1.82, 2.24) is 9.13 Å². The second kappa shape index (κ2) is 10.1. The van der Waals surface area contributed by atoms with Gasteiger partial charge in [-0.25, -0.2) is 0 Å². The topological polar surface area (TPSA) is 9.86 Å². The van der Waals surface area contributed by atoms with E-state index in [9.17, 15) is 9.60 Å². The van der Waals surface area contributed by atoms with Gasteiger partial charge >= 0.3 is 0 Å². The van der Waals surface area contributed by atoms with Gasteiger partial charge in [0.05, 0.1) is 59.1 Å².